The van der Waals surface area contributed by atoms with E-state index in [1.54, 1.807) is 0 Å². The van der Waals surface area contributed by atoms with Gasteiger partial charge in [-0.2, -0.15) is 0 Å². The van der Waals surface area contributed by atoms with Crippen molar-refractivity contribution in [3.63, 3.8) is 0 Å². The highest BCUT2D eigenvalue weighted by molar-refractivity contribution is 5.46. The molecule has 0 N–H and O–H groups in total. The van der Waals surface area contributed by atoms with E-state index in [9.17, 15) is 0 Å². The summed E-state index contributed by atoms with van der Waals surface area (Å²) in [5, 5.41) is 0. The first kappa shape index (κ1) is 17.8. The van der Waals surface area contributed by atoms with Crippen LogP contribution in [0, 0.1) is 6.92 Å². The van der Waals surface area contributed by atoms with Gasteiger partial charge in [0.1, 0.15) is 11.6 Å². The molecule has 0 aliphatic carbocycles. The lowest BCUT2D eigenvalue weighted by molar-refractivity contribution is 0.246. The van der Waals surface area contributed by atoms with Crippen LogP contribution in [0.4, 0.5) is 5.82 Å². The van der Waals surface area contributed by atoms with Gasteiger partial charge < -0.3 is 4.90 Å². The quantitative estimate of drug-likeness (QED) is 0.809. The number of hydrogen-bond donors (Lipinski definition) is 0. The monoisotopic (exact) mass is 339 g/mol. The average molecular weight is 339 g/mol. The Kier molecular flexibility index (Phi) is 5.97. The van der Waals surface area contributed by atoms with Gasteiger partial charge in [-0.25, -0.2) is 9.97 Å². The summed E-state index contributed by atoms with van der Waals surface area (Å²) in [6.45, 7) is 11.4. The van der Waals surface area contributed by atoms with Crippen molar-refractivity contribution in [3.8, 4) is 0 Å². The Bertz CT molecular complexity index is 675. The molecule has 0 unspecified atom stereocenters. The van der Waals surface area contributed by atoms with E-state index in [1.165, 1.54) is 11.1 Å². The molecule has 5 heteroatoms. The fraction of sp³-hybridized carbons (Fsp3) is 0.550. The lowest BCUT2D eigenvalue weighted by atomic mass is 10.1. The molecule has 1 aliphatic heterocycles. The molecule has 5 nitrogen and oxygen atoms in total. The number of hydrogen-bond acceptors (Lipinski definition) is 5. The van der Waals surface area contributed by atoms with E-state index < -0.39 is 0 Å². The SMILES string of the molecule is CCCc1cnc(C)nc1N1CCN(Cc2ccc(CC)cn2)CC1. The highest BCUT2D eigenvalue weighted by Gasteiger charge is 2.20. The standard InChI is InChI=1S/C20H29N5/c1-4-6-18-14-21-16(3)23-20(18)25-11-9-24(10-12-25)15-19-8-7-17(5-2)13-22-19/h7-8,13-14H,4-6,9-12,15H2,1-3H3. The number of anilines is 1. The number of nitrogens with zero attached hydrogens (tertiary/aromatic N) is 5. The molecule has 3 heterocycles. The van der Waals surface area contributed by atoms with Gasteiger partial charge in [0, 0.05) is 50.7 Å². The van der Waals surface area contributed by atoms with Gasteiger partial charge in [-0.1, -0.05) is 26.3 Å². The molecule has 0 saturated carbocycles. The molecule has 1 saturated heterocycles. The third-order valence-corrected chi connectivity index (χ3v) is 4.83. The second-order valence-corrected chi connectivity index (χ2v) is 6.79. The molecule has 134 valence electrons. The lowest BCUT2D eigenvalue weighted by Gasteiger charge is -2.36. The van der Waals surface area contributed by atoms with Crippen LogP contribution in [0.3, 0.4) is 0 Å². The molecule has 0 amide bonds. The molecule has 1 aliphatic rings. The zero-order valence-electron chi connectivity index (χ0n) is 15.7. The molecule has 0 spiro atoms. The molecule has 3 rings (SSSR count). The van der Waals surface area contributed by atoms with Crippen molar-refractivity contribution in [1.82, 2.24) is 19.9 Å². The van der Waals surface area contributed by atoms with Crippen LogP contribution in [0.1, 0.15) is 42.9 Å². The van der Waals surface area contributed by atoms with E-state index in [0.29, 0.717) is 0 Å². The Labute approximate surface area is 151 Å². The van der Waals surface area contributed by atoms with Crippen molar-refractivity contribution in [3.05, 3.63) is 47.2 Å². The van der Waals surface area contributed by atoms with Crippen LogP contribution in [0.25, 0.3) is 0 Å². The molecule has 0 atom stereocenters. The van der Waals surface area contributed by atoms with Crippen LogP contribution in [0.15, 0.2) is 24.5 Å². The summed E-state index contributed by atoms with van der Waals surface area (Å²) < 4.78 is 0. The van der Waals surface area contributed by atoms with Crippen molar-refractivity contribution in [2.45, 2.75) is 46.6 Å². The molecule has 2 aromatic heterocycles. The fourth-order valence-corrected chi connectivity index (χ4v) is 3.31. The Morgan fingerprint density at radius 1 is 1.00 bits per heavy atom. The topological polar surface area (TPSA) is 45.2 Å². The number of aromatic nitrogens is 3. The smallest absolute Gasteiger partial charge is 0.135 e. The highest BCUT2D eigenvalue weighted by Crippen LogP contribution is 2.21. The third-order valence-electron chi connectivity index (χ3n) is 4.83. The maximum Gasteiger partial charge on any atom is 0.135 e. The molecular formula is C20H29N5. The van der Waals surface area contributed by atoms with E-state index in [4.69, 9.17) is 4.98 Å². The van der Waals surface area contributed by atoms with Crippen LogP contribution in [-0.2, 0) is 19.4 Å². The second-order valence-electron chi connectivity index (χ2n) is 6.79. The summed E-state index contributed by atoms with van der Waals surface area (Å²) in [5.74, 6) is 2.00. The minimum atomic E-state index is 0.859. The van der Waals surface area contributed by atoms with Crippen LogP contribution in [0.2, 0.25) is 0 Å². The summed E-state index contributed by atoms with van der Waals surface area (Å²) >= 11 is 0. The normalized spacial score (nSPS) is 15.6. The minimum Gasteiger partial charge on any atom is -0.354 e. The Morgan fingerprint density at radius 2 is 1.80 bits per heavy atom. The van der Waals surface area contributed by atoms with Crippen LogP contribution in [-0.4, -0.2) is 46.0 Å². The van der Waals surface area contributed by atoms with Crippen LogP contribution < -0.4 is 4.90 Å². The summed E-state index contributed by atoms with van der Waals surface area (Å²) in [7, 11) is 0. The number of pyridine rings is 1. The predicted octanol–water partition coefficient (Wildman–Crippen LogP) is 3.02. The largest absolute Gasteiger partial charge is 0.354 e. The van der Waals surface area contributed by atoms with E-state index in [-0.39, 0.29) is 0 Å². The van der Waals surface area contributed by atoms with E-state index in [0.717, 1.165) is 69.3 Å². The highest BCUT2D eigenvalue weighted by atomic mass is 15.3. The molecule has 25 heavy (non-hydrogen) atoms. The van der Waals surface area contributed by atoms with Crippen molar-refractivity contribution < 1.29 is 0 Å². The van der Waals surface area contributed by atoms with Gasteiger partial charge in [-0.05, 0) is 31.4 Å². The molecular weight excluding hydrogens is 310 g/mol. The van der Waals surface area contributed by atoms with Crippen LogP contribution in [0.5, 0.6) is 0 Å². The van der Waals surface area contributed by atoms with Gasteiger partial charge in [-0.3, -0.25) is 9.88 Å². The first-order chi connectivity index (χ1) is 12.2. The first-order valence-electron chi connectivity index (χ1n) is 9.43. The predicted molar refractivity (Wildman–Crippen MR) is 102 cm³/mol. The van der Waals surface area contributed by atoms with Crippen molar-refractivity contribution in [1.29, 1.82) is 0 Å². The van der Waals surface area contributed by atoms with Crippen molar-refractivity contribution in [2.24, 2.45) is 0 Å². The first-order valence-corrected chi connectivity index (χ1v) is 9.43. The van der Waals surface area contributed by atoms with E-state index >= 15 is 0 Å². The van der Waals surface area contributed by atoms with E-state index in [2.05, 4.69) is 45.7 Å². The van der Waals surface area contributed by atoms with Crippen molar-refractivity contribution in [2.75, 3.05) is 31.1 Å². The molecule has 0 bridgehead atoms. The Hall–Kier alpha value is -2.01. The Balaban J connectivity index is 1.60. The third kappa shape index (κ3) is 4.54. The van der Waals surface area contributed by atoms with Gasteiger partial charge in [0.2, 0.25) is 0 Å². The fourth-order valence-electron chi connectivity index (χ4n) is 3.31. The Morgan fingerprint density at radius 3 is 2.44 bits per heavy atom. The maximum atomic E-state index is 4.73. The van der Waals surface area contributed by atoms with Crippen LogP contribution >= 0.6 is 0 Å². The summed E-state index contributed by atoms with van der Waals surface area (Å²) in [6.07, 6.45) is 7.23. The van der Waals surface area contributed by atoms with Gasteiger partial charge >= 0.3 is 0 Å². The van der Waals surface area contributed by atoms with Gasteiger partial charge in [0.15, 0.2) is 0 Å². The average Bonchev–Trinajstić information content (AvgIpc) is 2.65. The summed E-state index contributed by atoms with van der Waals surface area (Å²) in [6, 6.07) is 4.36. The van der Waals surface area contributed by atoms with Gasteiger partial charge in [0.05, 0.1) is 5.69 Å². The second kappa shape index (κ2) is 8.39. The van der Waals surface area contributed by atoms with Gasteiger partial charge in [-0.15, -0.1) is 0 Å². The molecule has 2 aromatic rings. The zero-order chi connectivity index (χ0) is 17.6. The summed E-state index contributed by atoms with van der Waals surface area (Å²) in [4.78, 5) is 18.6. The zero-order valence-corrected chi connectivity index (χ0v) is 15.7. The molecule has 1 fully saturated rings. The van der Waals surface area contributed by atoms with Gasteiger partial charge in [0.25, 0.3) is 0 Å². The summed E-state index contributed by atoms with van der Waals surface area (Å²) in [5.41, 5.74) is 3.74. The van der Waals surface area contributed by atoms with E-state index in [1.807, 2.05) is 19.3 Å². The number of aryl methyl sites for hydroxylation is 3. The minimum absolute atomic E-state index is 0.859. The molecule has 0 aromatic carbocycles. The number of rotatable bonds is 6. The lowest BCUT2D eigenvalue weighted by Crippen LogP contribution is -2.46. The molecule has 0 radical (unpaired) electrons. The maximum absolute atomic E-state index is 4.73. The van der Waals surface area contributed by atoms with Crippen molar-refractivity contribution >= 4 is 5.82 Å². The number of piperazine rings is 1.